The molecule has 27 heavy (non-hydrogen) atoms. The first-order chi connectivity index (χ1) is 13.0. The van der Waals surface area contributed by atoms with Crippen LogP contribution in [0.25, 0.3) is 10.9 Å². The van der Waals surface area contributed by atoms with Gasteiger partial charge in [0, 0.05) is 17.1 Å². The largest absolute Gasteiger partial charge is 0.286 e. The van der Waals surface area contributed by atoms with Crippen molar-refractivity contribution in [3.8, 4) is 0 Å². The minimum atomic E-state index is -0.765. The molecule has 3 amide bonds. The van der Waals surface area contributed by atoms with E-state index in [0.717, 1.165) is 24.6 Å². The normalized spacial score (nSPS) is 11.8. The summed E-state index contributed by atoms with van der Waals surface area (Å²) in [6.45, 7) is 1.80. The van der Waals surface area contributed by atoms with Gasteiger partial charge in [0.25, 0.3) is 5.91 Å². The fourth-order valence-electron chi connectivity index (χ4n) is 2.84. The molecule has 1 heterocycles. The van der Waals surface area contributed by atoms with Gasteiger partial charge in [-0.05, 0) is 24.6 Å². The van der Waals surface area contributed by atoms with Crippen LogP contribution in [0.4, 0.5) is 0 Å². The summed E-state index contributed by atoms with van der Waals surface area (Å²) in [4.78, 5) is 40.2. The maximum Gasteiger partial charge on any atom is 0.274 e. The number of amides is 3. The van der Waals surface area contributed by atoms with E-state index < -0.39 is 17.7 Å². The average Bonchev–Trinajstić information content (AvgIpc) is 2.70. The lowest BCUT2D eigenvalue weighted by Crippen LogP contribution is -2.48. The molecule has 2 rings (SSSR count). The summed E-state index contributed by atoms with van der Waals surface area (Å²) in [6.07, 6.45) is 4.82. The summed E-state index contributed by atoms with van der Waals surface area (Å²) in [5.74, 6) is 3.72. The number of fused-ring (bicyclic) bond motifs is 1. The smallest absolute Gasteiger partial charge is 0.274 e. The van der Waals surface area contributed by atoms with Crippen LogP contribution in [0, 0.1) is 5.92 Å². The van der Waals surface area contributed by atoms with Gasteiger partial charge in [0.2, 0.25) is 12.3 Å². The molecule has 0 aliphatic carbocycles. The SMILES string of the molecule is CCCCC[C@H](CN(O)C=O)C(=O)N(N)C(=O)c1ccc2cccnc2c1. The molecule has 0 unspecified atom stereocenters. The number of hydrogen-bond donors (Lipinski definition) is 2. The van der Waals surface area contributed by atoms with Crippen molar-refractivity contribution >= 4 is 29.1 Å². The van der Waals surface area contributed by atoms with Crippen LogP contribution in [0.3, 0.4) is 0 Å². The standard InChI is InChI=1S/C19H24N4O4/c1-2-3-4-6-16(12-22(27)13-24)19(26)23(20)18(25)15-9-8-14-7-5-10-21-17(14)11-15/h5,7-11,13,16,27H,2-4,6,12,20H2,1H3/t16-/m1/s1. The van der Waals surface area contributed by atoms with E-state index in [2.05, 4.69) is 4.98 Å². The Kier molecular flexibility index (Phi) is 7.39. The van der Waals surface area contributed by atoms with Gasteiger partial charge in [-0.2, -0.15) is 0 Å². The Bertz CT molecular complexity index is 811. The van der Waals surface area contributed by atoms with Crippen LogP contribution in [0.5, 0.6) is 0 Å². The van der Waals surface area contributed by atoms with Crippen molar-refractivity contribution < 1.29 is 19.6 Å². The molecule has 0 aliphatic rings. The molecule has 0 saturated carbocycles. The highest BCUT2D eigenvalue weighted by Crippen LogP contribution is 2.17. The van der Waals surface area contributed by atoms with Gasteiger partial charge in [0.1, 0.15) is 0 Å². The van der Waals surface area contributed by atoms with Crippen LogP contribution in [0.2, 0.25) is 0 Å². The molecule has 0 spiro atoms. The van der Waals surface area contributed by atoms with Gasteiger partial charge in [0.15, 0.2) is 0 Å². The summed E-state index contributed by atoms with van der Waals surface area (Å²) < 4.78 is 0. The second kappa shape index (κ2) is 9.75. The molecule has 0 aliphatic heterocycles. The van der Waals surface area contributed by atoms with Crippen molar-refractivity contribution in [3.63, 3.8) is 0 Å². The topological polar surface area (TPSA) is 117 Å². The Morgan fingerprint density at radius 1 is 1.30 bits per heavy atom. The number of benzene rings is 1. The zero-order valence-corrected chi connectivity index (χ0v) is 15.2. The highest BCUT2D eigenvalue weighted by Gasteiger charge is 2.28. The van der Waals surface area contributed by atoms with Crippen molar-refractivity contribution in [2.24, 2.45) is 11.8 Å². The number of unbranched alkanes of at least 4 members (excludes halogenated alkanes) is 2. The van der Waals surface area contributed by atoms with E-state index in [9.17, 15) is 19.6 Å². The first-order valence-electron chi connectivity index (χ1n) is 8.86. The Morgan fingerprint density at radius 2 is 2.07 bits per heavy atom. The zero-order chi connectivity index (χ0) is 19.8. The highest BCUT2D eigenvalue weighted by molar-refractivity contribution is 6.06. The number of imide groups is 1. The van der Waals surface area contributed by atoms with Crippen molar-refractivity contribution in [2.45, 2.75) is 32.6 Å². The summed E-state index contributed by atoms with van der Waals surface area (Å²) in [5, 5.41) is 11.3. The second-order valence-corrected chi connectivity index (χ2v) is 6.34. The number of nitrogens with zero attached hydrogens (tertiary/aromatic N) is 3. The van der Waals surface area contributed by atoms with Crippen LogP contribution in [0.15, 0.2) is 36.5 Å². The van der Waals surface area contributed by atoms with Gasteiger partial charge in [-0.1, -0.05) is 38.3 Å². The molecule has 2 aromatic rings. The average molecular weight is 372 g/mol. The Morgan fingerprint density at radius 3 is 2.78 bits per heavy atom. The van der Waals surface area contributed by atoms with E-state index in [1.54, 1.807) is 30.5 Å². The van der Waals surface area contributed by atoms with Gasteiger partial charge in [-0.3, -0.25) is 24.6 Å². The number of carbonyl (C=O) groups is 3. The first-order valence-corrected chi connectivity index (χ1v) is 8.86. The van der Waals surface area contributed by atoms with E-state index >= 15 is 0 Å². The van der Waals surface area contributed by atoms with Crippen LogP contribution >= 0.6 is 0 Å². The summed E-state index contributed by atoms with van der Waals surface area (Å²) in [6, 6.07) is 8.53. The van der Waals surface area contributed by atoms with Crippen LogP contribution in [-0.4, -0.2) is 45.0 Å². The lowest BCUT2D eigenvalue weighted by Gasteiger charge is -2.23. The molecule has 0 radical (unpaired) electrons. The third-order valence-electron chi connectivity index (χ3n) is 4.34. The fourth-order valence-corrected chi connectivity index (χ4v) is 2.84. The molecule has 144 valence electrons. The molecule has 1 aromatic carbocycles. The molecule has 1 aromatic heterocycles. The Balaban J connectivity index is 2.16. The maximum absolute atomic E-state index is 12.7. The third-order valence-corrected chi connectivity index (χ3v) is 4.34. The van der Waals surface area contributed by atoms with E-state index in [4.69, 9.17) is 5.84 Å². The van der Waals surface area contributed by atoms with Gasteiger partial charge in [0.05, 0.1) is 18.0 Å². The van der Waals surface area contributed by atoms with Gasteiger partial charge >= 0.3 is 0 Å². The number of rotatable bonds is 9. The quantitative estimate of drug-likeness (QED) is 0.174. The molecule has 1 atom stereocenters. The summed E-state index contributed by atoms with van der Waals surface area (Å²) in [7, 11) is 0. The van der Waals surface area contributed by atoms with E-state index in [-0.39, 0.29) is 18.5 Å². The number of carbonyl (C=O) groups excluding carboxylic acids is 3. The minimum Gasteiger partial charge on any atom is -0.286 e. The number of aromatic nitrogens is 1. The molecule has 0 saturated heterocycles. The highest BCUT2D eigenvalue weighted by atomic mass is 16.5. The van der Waals surface area contributed by atoms with Gasteiger partial charge in [-0.25, -0.2) is 15.9 Å². The molecule has 8 heteroatoms. The Labute approximate surface area is 157 Å². The van der Waals surface area contributed by atoms with E-state index in [1.807, 2.05) is 13.0 Å². The zero-order valence-electron chi connectivity index (χ0n) is 15.2. The molecule has 0 fully saturated rings. The molecule has 0 bridgehead atoms. The van der Waals surface area contributed by atoms with Gasteiger partial charge < -0.3 is 0 Å². The number of nitrogens with two attached hydrogens (primary N) is 1. The number of hydroxylamine groups is 2. The van der Waals surface area contributed by atoms with Crippen LogP contribution < -0.4 is 5.84 Å². The monoisotopic (exact) mass is 372 g/mol. The first kappa shape index (κ1) is 20.5. The van der Waals surface area contributed by atoms with E-state index in [0.29, 0.717) is 22.0 Å². The Hall–Kier alpha value is -2.84. The fraction of sp³-hybridized carbons (Fsp3) is 0.368. The molecular weight excluding hydrogens is 348 g/mol. The van der Waals surface area contributed by atoms with Crippen molar-refractivity contribution in [1.29, 1.82) is 0 Å². The predicted octanol–water partition coefficient (Wildman–Crippen LogP) is 2.12. The molecule has 3 N–H and O–H groups in total. The third kappa shape index (κ3) is 5.32. The summed E-state index contributed by atoms with van der Waals surface area (Å²) in [5.41, 5.74) is 0.854. The maximum atomic E-state index is 12.7. The van der Waals surface area contributed by atoms with Crippen LogP contribution in [-0.2, 0) is 9.59 Å². The van der Waals surface area contributed by atoms with Crippen molar-refractivity contribution in [1.82, 2.24) is 15.1 Å². The number of pyridine rings is 1. The van der Waals surface area contributed by atoms with Crippen molar-refractivity contribution in [2.75, 3.05) is 6.54 Å². The second-order valence-electron chi connectivity index (χ2n) is 6.34. The molecule has 8 nitrogen and oxygen atoms in total. The number of hydrazine groups is 1. The lowest BCUT2D eigenvalue weighted by atomic mass is 9.99. The predicted molar refractivity (Wildman–Crippen MR) is 99.3 cm³/mol. The molecular formula is C19H24N4O4. The summed E-state index contributed by atoms with van der Waals surface area (Å²) >= 11 is 0. The van der Waals surface area contributed by atoms with Gasteiger partial charge in [-0.15, -0.1) is 0 Å². The minimum absolute atomic E-state index is 0.216. The van der Waals surface area contributed by atoms with Crippen molar-refractivity contribution in [3.05, 3.63) is 42.1 Å². The lowest BCUT2D eigenvalue weighted by molar-refractivity contribution is -0.156. The van der Waals surface area contributed by atoms with Crippen LogP contribution in [0.1, 0.15) is 43.0 Å². The van der Waals surface area contributed by atoms with E-state index in [1.165, 1.54) is 0 Å². The number of hydrogen-bond acceptors (Lipinski definition) is 6.